The molecule has 0 unspecified atom stereocenters. The van der Waals surface area contributed by atoms with E-state index in [1.165, 1.54) is 19.1 Å². The SMILES string of the molecule is C=C/C=C(\C=C)OC(C)=O. The molecule has 0 N–H and O–H groups in total. The lowest BCUT2D eigenvalue weighted by Crippen LogP contribution is -1.95. The van der Waals surface area contributed by atoms with E-state index in [2.05, 4.69) is 17.9 Å². The number of carbonyl (C=O) groups excluding carboxylic acids is 1. The van der Waals surface area contributed by atoms with Gasteiger partial charge in [0.05, 0.1) is 0 Å². The Labute approximate surface area is 60.5 Å². The average Bonchev–Trinajstić information content (AvgIpc) is 1.86. The quantitative estimate of drug-likeness (QED) is 0.337. The first-order valence-corrected chi connectivity index (χ1v) is 2.84. The van der Waals surface area contributed by atoms with Crippen molar-refractivity contribution in [1.82, 2.24) is 0 Å². The number of hydrogen-bond acceptors (Lipinski definition) is 2. The first kappa shape index (κ1) is 8.69. The van der Waals surface area contributed by atoms with Gasteiger partial charge in [0.25, 0.3) is 0 Å². The summed E-state index contributed by atoms with van der Waals surface area (Å²) in [7, 11) is 0. The number of esters is 1. The van der Waals surface area contributed by atoms with Crippen molar-refractivity contribution in [2.75, 3.05) is 0 Å². The lowest BCUT2D eigenvalue weighted by molar-refractivity contribution is -0.136. The van der Waals surface area contributed by atoms with Crippen LogP contribution in [0.1, 0.15) is 6.92 Å². The van der Waals surface area contributed by atoms with Crippen molar-refractivity contribution < 1.29 is 9.53 Å². The predicted octanol–water partition coefficient (Wildman–Crippen LogP) is 1.81. The Morgan fingerprint density at radius 3 is 2.40 bits per heavy atom. The summed E-state index contributed by atoms with van der Waals surface area (Å²) in [6.45, 7) is 8.21. The zero-order chi connectivity index (χ0) is 7.98. The molecule has 0 radical (unpaired) electrons. The summed E-state index contributed by atoms with van der Waals surface area (Å²) in [5.41, 5.74) is 0. The Hall–Kier alpha value is -1.31. The number of hydrogen-bond donors (Lipinski definition) is 0. The minimum absolute atomic E-state index is 0.354. The van der Waals surface area contributed by atoms with Crippen molar-refractivity contribution in [2.45, 2.75) is 6.92 Å². The fourth-order valence-corrected chi connectivity index (χ4v) is 0.426. The molecule has 54 valence electrons. The van der Waals surface area contributed by atoms with Crippen LogP contribution in [0.25, 0.3) is 0 Å². The van der Waals surface area contributed by atoms with E-state index >= 15 is 0 Å². The first-order valence-electron chi connectivity index (χ1n) is 2.84. The highest BCUT2D eigenvalue weighted by Gasteiger charge is 1.93. The zero-order valence-corrected chi connectivity index (χ0v) is 5.96. The van der Waals surface area contributed by atoms with Crippen molar-refractivity contribution in [2.24, 2.45) is 0 Å². The Bertz CT molecular complexity index is 178. The zero-order valence-electron chi connectivity index (χ0n) is 5.96. The van der Waals surface area contributed by atoms with Gasteiger partial charge >= 0.3 is 5.97 Å². The van der Waals surface area contributed by atoms with Crippen LogP contribution in [0, 0.1) is 0 Å². The molecule has 0 rings (SSSR count). The standard InChI is InChI=1S/C8H10O2/c1-4-6-8(5-2)10-7(3)9/h4-6H,1-2H2,3H3/b8-6+. The molecule has 0 aliphatic heterocycles. The van der Waals surface area contributed by atoms with Crippen LogP contribution in [-0.2, 0) is 9.53 Å². The van der Waals surface area contributed by atoms with Crippen LogP contribution in [0.15, 0.2) is 37.1 Å². The van der Waals surface area contributed by atoms with E-state index in [-0.39, 0.29) is 5.97 Å². The molecule has 0 aromatic rings. The third-order valence-corrected chi connectivity index (χ3v) is 0.745. The van der Waals surface area contributed by atoms with E-state index in [1.54, 1.807) is 6.08 Å². The fraction of sp³-hybridized carbons (Fsp3) is 0.125. The van der Waals surface area contributed by atoms with E-state index in [0.717, 1.165) is 0 Å². The number of ether oxygens (including phenoxy) is 1. The van der Waals surface area contributed by atoms with E-state index < -0.39 is 0 Å². The van der Waals surface area contributed by atoms with Gasteiger partial charge in [0.1, 0.15) is 5.76 Å². The van der Waals surface area contributed by atoms with Gasteiger partial charge in [-0.15, -0.1) is 0 Å². The normalized spacial score (nSPS) is 10.3. The van der Waals surface area contributed by atoms with Crippen molar-refractivity contribution in [3.05, 3.63) is 37.1 Å². The second kappa shape index (κ2) is 4.56. The molecule has 0 aromatic carbocycles. The molecule has 0 aromatic heterocycles. The summed E-state index contributed by atoms with van der Waals surface area (Å²) in [6.07, 6.45) is 4.54. The van der Waals surface area contributed by atoms with Gasteiger partial charge in [-0.25, -0.2) is 0 Å². The highest BCUT2D eigenvalue weighted by Crippen LogP contribution is 1.98. The van der Waals surface area contributed by atoms with Gasteiger partial charge in [-0.3, -0.25) is 4.79 Å². The molecule has 2 nitrogen and oxygen atoms in total. The highest BCUT2D eigenvalue weighted by molar-refractivity contribution is 5.67. The Morgan fingerprint density at radius 1 is 1.50 bits per heavy atom. The van der Waals surface area contributed by atoms with E-state index in [1.807, 2.05) is 0 Å². The molecule has 0 heterocycles. The minimum atomic E-state index is -0.354. The van der Waals surface area contributed by atoms with Crippen LogP contribution in [0.4, 0.5) is 0 Å². The van der Waals surface area contributed by atoms with Gasteiger partial charge < -0.3 is 4.74 Å². The van der Waals surface area contributed by atoms with Crippen LogP contribution in [0.3, 0.4) is 0 Å². The molecule has 0 bridgehead atoms. The van der Waals surface area contributed by atoms with Crippen molar-refractivity contribution in [1.29, 1.82) is 0 Å². The maximum Gasteiger partial charge on any atom is 0.308 e. The molecule has 0 aliphatic rings. The summed E-state index contributed by atoms with van der Waals surface area (Å²) < 4.78 is 4.67. The molecular weight excluding hydrogens is 128 g/mol. The molecule has 2 heteroatoms. The predicted molar refractivity (Wildman–Crippen MR) is 40.2 cm³/mol. The van der Waals surface area contributed by atoms with E-state index in [0.29, 0.717) is 5.76 Å². The fourth-order valence-electron chi connectivity index (χ4n) is 0.426. The second-order valence-electron chi connectivity index (χ2n) is 1.60. The van der Waals surface area contributed by atoms with Crippen LogP contribution >= 0.6 is 0 Å². The van der Waals surface area contributed by atoms with Gasteiger partial charge in [0.2, 0.25) is 0 Å². The smallest absolute Gasteiger partial charge is 0.308 e. The number of rotatable bonds is 3. The van der Waals surface area contributed by atoms with Gasteiger partial charge in [-0.1, -0.05) is 19.2 Å². The molecule has 0 saturated carbocycles. The molecule has 0 amide bonds. The topological polar surface area (TPSA) is 26.3 Å². The molecule has 0 fully saturated rings. The lowest BCUT2D eigenvalue weighted by Gasteiger charge is -1.97. The summed E-state index contributed by atoms with van der Waals surface area (Å²) in [5.74, 6) is 0.0653. The summed E-state index contributed by atoms with van der Waals surface area (Å²) in [5, 5.41) is 0. The number of allylic oxidation sites excluding steroid dienone is 3. The van der Waals surface area contributed by atoms with Crippen LogP contribution < -0.4 is 0 Å². The third kappa shape index (κ3) is 3.66. The lowest BCUT2D eigenvalue weighted by atomic mass is 10.4. The van der Waals surface area contributed by atoms with Gasteiger partial charge in [0.15, 0.2) is 0 Å². The van der Waals surface area contributed by atoms with Crippen molar-refractivity contribution in [3.63, 3.8) is 0 Å². The van der Waals surface area contributed by atoms with Gasteiger partial charge in [-0.05, 0) is 12.2 Å². The Balaban J connectivity index is 4.08. The molecule has 10 heavy (non-hydrogen) atoms. The second-order valence-corrected chi connectivity index (χ2v) is 1.60. The molecule has 0 saturated heterocycles. The summed E-state index contributed by atoms with van der Waals surface area (Å²) >= 11 is 0. The summed E-state index contributed by atoms with van der Waals surface area (Å²) in [4.78, 5) is 10.3. The van der Waals surface area contributed by atoms with Crippen molar-refractivity contribution >= 4 is 5.97 Å². The van der Waals surface area contributed by atoms with E-state index in [4.69, 9.17) is 0 Å². The number of carbonyl (C=O) groups is 1. The average molecular weight is 138 g/mol. The van der Waals surface area contributed by atoms with Crippen LogP contribution in [-0.4, -0.2) is 5.97 Å². The van der Waals surface area contributed by atoms with E-state index in [9.17, 15) is 4.79 Å². The molecular formula is C8H10O2. The maximum absolute atomic E-state index is 10.3. The van der Waals surface area contributed by atoms with Crippen molar-refractivity contribution in [3.8, 4) is 0 Å². The monoisotopic (exact) mass is 138 g/mol. The highest BCUT2D eigenvalue weighted by atomic mass is 16.5. The minimum Gasteiger partial charge on any atom is -0.427 e. The van der Waals surface area contributed by atoms with Gasteiger partial charge in [-0.2, -0.15) is 0 Å². The molecule has 0 aliphatic carbocycles. The summed E-state index contributed by atoms with van der Waals surface area (Å²) in [6, 6.07) is 0. The largest absolute Gasteiger partial charge is 0.427 e. The first-order chi connectivity index (χ1) is 4.70. The third-order valence-electron chi connectivity index (χ3n) is 0.745. The maximum atomic E-state index is 10.3. The van der Waals surface area contributed by atoms with Crippen LogP contribution in [0.2, 0.25) is 0 Å². The molecule has 0 spiro atoms. The van der Waals surface area contributed by atoms with Crippen LogP contribution in [0.5, 0.6) is 0 Å². The van der Waals surface area contributed by atoms with Gasteiger partial charge in [0, 0.05) is 6.92 Å². The molecule has 0 atom stereocenters. The Kier molecular flexibility index (Phi) is 3.96. The Morgan fingerprint density at radius 2 is 2.10 bits per heavy atom.